The summed E-state index contributed by atoms with van der Waals surface area (Å²) >= 11 is 0. The van der Waals surface area contributed by atoms with Crippen molar-refractivity contribution < 1.29 is 18.0 Å². The molecular weight excluding hydrogens is 369 g/mol. The number of alkyl halides is 3. The molecule has 3 rings (SSSR count). The van der Waals surface area contributed by atoms with Crippen LogP contribution in [0.2, 0.25) is 0 Å². The summed E-state index contributed by atoms with van der Waals surface area (Å²) in [5, 5.41) is 7.22. The van der Waals surface area contributed by atoms with Crippen molar-refractivity contribution in [2.24, 2.45) is 7.05 Å². The number of halogens is 3. The number of benzene rings is 1. The first-order chi connectivity index (χ1) is 13.1. The molecule has 0 radical (unpaired) electrons. The zero-order chi connectivity index (χ0) is 20.5. The minimum atomic E-state index is -4.38. The molecule has 152 valence electrons. The van der Waals surface area contributed by atoms with Gasteiger partial charge in [0.2, 0.25) is 0 Å². The van der Waals surface area contributed by atoms with Gasteiger partial charge < -0.3 is 10.2 Å². The maximum atomic E-state index is 12.7. The van der Waals surface area contributed by atoms with E-state index < -0.39 is 11.7 Å². The van der Waals surface area contributed by atoms with E-state index in [4.69, 9.17) is 0 Å². The SMILES string of the molecule is CN(C)C1(CNC(=O)c2cc(-c3ccc(C(F)(F)F)cc3)n(C)n2)CCCC1. The average molecular weight is 394 g/mol. The van der Waals surface area contributed by atoms with Gasteiger partial charge >= 0.3 is 6.18 Å². The fourth-order valence-corrected chi connectivity index (χ4v) is 3.83. The number of hydrogen-bond acceptors (Lipinski definition) is 3. The summed E-state index contributed by atoms with van der Waals surface area (Å²) in [4.78, 5) is 14.8. The van der Waals surface area contributed by atoms with E-state index in [0.29, 0.717) is 17.8 Å². The lowest BCUT2D eigenvalue weighted by Crippen LogP contribution is -2.50. The van der Waals surface area contributed by atoms with E-state index in [1.165, 1.54) is 16.8 Å². The van der Waals surface area contributed by atoms with Crippen LogP contribution >= 0.6 is 0 Å². The number of likely N-dealkylation sites (N-methyl/N-ethyl adjacent to an activating group) is 1. The van der Waals surface area contributed by atoms with Gasteiger partial charge in [-0.05, 0) is 50.7 Å². The number of hydrogen-bond donors (Lipinski definition) is 1. The number of nitrogens with one attached hydrogen (secondary N) is 1. The van der Waals surface area contributed by atoms with Crippen molar-refractivity contribution in [2.75, 3.05) is 20.6 Å². The quantitative estimate of drug-likeness (QED) is 0.841. The second-order valence-corrected chi connectivity index (χ2v) is 7.62. The molecule has 8 heteroatoms. The van der Waals surface area contributed by atoms with E-state index in [-0.39, 0.29) is 17.1 Å². The van der Waals surface area contributed by atoms with E-state index in [2.05, 4.69) is 15.3 Å². The Morgan fingerprint density at radius 1 is 1.21 bits per heavy atom. The summed E-state index contributed by atoms with van der Waals surface area (Å²) in [5.74, 6) is -0.276. The number of rotatable bonds is 5. The first kappa shape index (κ1) is 20.4. The maximum Gasteiger partial charge on any atom is 0.416 e. The highest BCUT2D eigenvalue weighted by Crippen LogP contribution is 2.33. The summed E-state index contributed by atoms with van der Waals surface area (Å²) in [6, 6.07) is 6.45. The topological polar surface area (TPSA) is 50.2 Å². The van der Waals surface area contributed by atoms with Crippen LogP contribution in [0.1, 0.15) is 41.7 Å². The van der Waals surface area contributed by atoms with Crippen molar-refractivity contribution >= 4 is 5.91 Å². The van der Waals surface area contributed by atoms with Gasteiger partial charge in [0, 0.05) is 19.1 Å². The molecule has 2 aromatic rings. The summed E-state index contributed by atoms with van der Waals surface area (Å²) in [6.07, 6.45) is 0.00267. The molecule has 5 nitrogen and oxygen atoms in total. The molecule has 1 aromatic heterocycles. The van der Waals surface area contributed by atoms with Crippen LogP contribution in [0.4, 0.5) is 13.2 Å². The number of aromatic nitrogens is 2. The van der Waals surface area contributed by atoms with Crippen LogP contribution in [0, 0.1) is 0 Å². The molecule has 1 saturated carbocycles. The zero-order valence-corrected chi connectivity index (χ0v) is 16.3. The van der Waals surface area contributed by atoms with Gasteiger partial charge in [0.15, 0.2) is 5.69 Å². The third-order valence-corrected chi connectivity index (χ3v) is 5.68. The first-order valence-electron chi connectivity index (χ1n) is 9.30. The van der Waals surface area contributed by atoms with Crippen molar-refractivity contribution in [3.05, 3.63) is 41.6 Å². The third-order valence-electron chi connectivity index (χ3n) is 5.68. The van der Waals surface area contributed by atoms with Gasteiger partial charge in [-0.3, -0.25) is 9.48 Å². The molecule has 0 saturated heterocycles. The predicted molar refractivity (Wildman–Crippen MR) is 101 cm³/mol. The van der Waals surface area contributed by atoms with E-state index >= 15 is 0 Å². The monoisotopic (exact) mass is 394 g/mol. The number of aryl methyl sites for hydroxylation is 1. The van der Waals surface area contributed by atoms with E-state index in [9.17, 15) is 18.0 Å². The van der Waals surface area contributed by atoms with Crippen LogP contribution in [-0.4, -0.2) is 46.8 Å². The van der Waals surface area contributed by atoms with E-state index in [1.54, 1.807) is 13.1 Å². The number of amides is 1. The predicted octanol–water partition coefficient (Wildman–Crippen LogP) is 3.71. The minimum absolute atomic E-state index is 0.0271. The molecule has 1 heterocycles. The third kappa shape index (κ3) is 4.06. The van der Waals surface area contributed by atoms with Crippen molar-refractivity contribution in [1.82, 2.24) is 20.0 Å². The van der Waals surface area contributed by atoms with Crippen LogP contribution < -0.4 is 5.32 Å². The van der Waals surface area contributed by atoms with Crippen molar-refractivity contribution in [3.8, 4) is 11.3 Å². The second-order valence-electron chi connectivity index (χ2n) is 7.62. The molecule has 28 heavy (non-hydrogen) atoms. The zero-order valence-electron chi connectivity index (χ0n) is 16.3. The molecule has 1 amide bonds. The Labute approximate surface area is 162 Å². The lowest BCUT2D eigenvalue weighted by Gasteiger charge is -2.36. The van der Waals surface area contributed by atoms with Gasteiger partial charge in [-0.1, -0.05) is 25.0 Å². The number of carbonyl (C=O) groups is 1. The fraction of sp³-hybridized carbons (Fsp3) is 0.500. The second kappa shape index (κ2) is 7.58. The lowest BCUT2D eigenvalue weighted by atomic mass is 9.96. The summed E-state index contributed by atoms with van der Waals surface area (Å²) in [7, 11) is 5.73. The van der Waals surface area contributed by atoms with Gasteiger partial charge in [-0.25, -0.2) is 0 Å². The molecule has 0 bridgehead atoms. The lowest BCUT2D eigenvalue weighted by molar-refractivity contribution is -0.137. The molecule has 1 aromatic carbocycles. The number of carbonyl (C=O) groups excluding carboxylic acids is 1. The van der Waals surface area contributed by atoms with Crippen LogP contribution in [0.5, 0.6) is 0 Å². The normalized spacial score (nSPS) is 16.5. The summed E-state index contributed by atoms with van der Waals surface area (Å²) < 4.78 is 39.7. The molecule has 1 N–H and O–H groups in total. The Hall–Kier alpha value is -2.35. The smallest absolute Gasteiger partial charge is 0.349 e. The Bertz CT molecular complexity index is 834. The number of nitrogens with zero attached hydrogens (tertiary/aromatic N) is 3. The molecule has 0 aliphatic heterocycles. The van der Waals surface area contributed by atoms with Crippen LogP contribution in [0.25, 0.3) is 11.3 Å². The Morgan fingerprint density at radius 2 is 1.82 bits per heavy atom. The molecular formula is C20H25F3N4O. The first-order valence-corrected chi connectivity index (χ1v) is 9.30. The van der Waals surface area contributed by atoms with Crippen molar-refractivity contribution in [2.45, 2.75) is 37.4 Å². The summed E-state index contributed by atoms with van der Waals surface area (Å²) in [6.45, 7) is 0.547. The molecule has 0 atom stereocenters. The Balaban J connectivity index is 1.73. The van der Waals surface area contributed by atoms with Crippen LogP contribution in [0.15, 0.2) is 30.3 Å². The highest BCUT2D eigenvalue weighted by Gasteiger charge is 2.36. The highest BCUT2D eigenvalue weighted by atomic mass is 19.4. The standard InChI is InChI=1S/C20H25F3N4O/c1-26(2)19(10-4-5-11-19)13-24-18(28)16-12-17(27(3)25-16)14-6-8-15(9-7-14)20(21,22)23/h6-9,12H,4-5,10-11,13H2,1-3H3,(H,24,28). The van der Waals surface area contributed by atoms with Gasteiger partial charge in [-0.15, -0.1) is 0 Å². The van der Waals surface area contributed by atoms with E-state index in [0.717, 1.165) is 37.8 Å². The average Bonchev–Trinajstić information content (AvgIpc) is 3.27. The van der Waals surface area contributed by atoms with Crippen molar-refractivity contribution in [3.63, 3.8) is 0 Å². The van der Waals surface area contributed by atoms with Gasteiger partial charge in [-0.2, -0.15) is 18.3 Å². The van der Waals surface area contributed by atoms with Gasteiger partial charge in [0.05, 0.1) is 11.3 Å². The van der Waals surface area contributed by atoms with E-state index in [1.807, 2.05) is 14.1 Å². The van der Waals surface area contributed by atoms with Crippen LogP contribution in [-0.2, 0) is 13.2 Å². The fourth-order valence-electron chi connectivity index (χ4n) is 3.83. The van der Waals surface area contributed by atoms with Gasteiger partial charge in [0.1, 0.15) is 0 Å². The van der Waals surface area contributed by atoms with Gasteiger partial charge in [0.25, 0.3) is 5.91 Å². The molecule has 1 aliphatic carbocycles. The minimum Gasteiger partial charge on any atom is -0.349 e. The summed E-state index contributed by atoms with van der Waals surface area (Å²) in [5.41, 5.74) is 0.677. The van der Waals surface area contributed by atoms with Crippen LogP contribution in [0.3, 0.4) is 0 Å². The molecule has 1 aliphatic rings. The maximum absolute atomic E-state index is 12.7. The largest absolute Gasteiger partial charge is 0.416 e. The van der Waals surface area contributed by atoms with Crippen molar-refractivity contribution in [1.29, 1.82) is 0 Å². The Kier molecular flexibility index (Phi) is 5.52. The molecule has 0 unspecified atom stereocenters. The Morgan fingerprint density at radius 3 is 2.36 bits per heavy atom. The highest BCUT2D eigenvalue weighted by molar-refractivity contribution is 5.93. The molecule has 1 fully saturated rings. The molecule has 0 spiro atoms.